The van der Waals surface area contributed by atoms with Gasteiger partial charge in [-0.3, -0.25) is 9.36 Å². The van der Waals surface area contributed by atoms with E-state index in [4.69, 9.17) is 11.6 Å². The van der Waals surface area contributed by atoms with Gasteiger partial charge in [0.05, 0.1) is 22.2 Å². The van der Waals surface area contributed by atoms with Crippen LogP contribution in [-0.4, -0.2) is 9.55 Å². The van der Waals surface area contributed by atoms with Gasteiger partial charge in [0, 0.05) is 5.02 Å². The molecule has 0 aliphatic heterocycles. The molecule has 0 saturated carbocycles. The second-order valence-electron chi connectivity index (χ2n) is 6.53. The number of para-hydroxylation sites is 1. The summed E-state index contributed by atoms with van der Waals surface area (Å²) < 4.78 is 40.8. The molecule has 3 nitrogen and oxygen atoms in total. The maximum atomic E-state index is 13.2. The monoisotopic (exact) mass is 426 g/mol. The summed E-state index contributed by atoms with van der Waals surface area (Å²) >= 11 is 6.18. The van der Waals surface area contributed by atoms with Crippen LogP contribution in [0.5, 0.6) is 0 Å². The zero-order chi connectivity index (χ0) is 21.3. The largest absolute Gasteiger partial charge is 0.416 e. The summed E-state index contributed by atoms with van der Waals surface area (Å²) in [6.45, 7) is 0. The summed E-state index contributed by atoms with van der Waals surface area (Å²) in [5.41, 5.74) is -0.0894. The molecule has 0 radical (unpaired) electrons. The van der Waals surface area contributed by atoms with Gasteiger partial charge in [0.2, 0.25) is 0 Å². The Balaban J connectivity index is 1.96. The fraction of sp³-hybridized carbons (Fsp3) is 0.0435. The van der Waals surface area contributed by atoms with Crippen molar-refractivity contribution in [1.29, 1.82) is 0 Å². The molecule has 1 aromatic heterocycles. The van der Waals surface area contributed by atoms with Crippen LogP contribution in [0.15, 0.2) is 77.6 Å². The van der Waals surface area contributed by atoms with E-state index >= 15 is 0 Å². The highest BCUT2D eigenvalue weighted by molar-refractivity contribution is 6.32. The Morgan fingerprint density at radius 2 is 1.63 bits per heavy atom. The molecular formula is C23H14ClF3N2O. The Morgan fingerprint density at radius 1 is 0.900 bits per heavy atom. The number of alkyl halides is 3. The zero-order valence-corrected chi connectivity index (χ0v) is 16.2. The van der Waals surface area contributed by atoms with Crippen LogP contribution in [0.25, 0.3) is 28.7 Å². The third-order valence-electron chi connectivity index (χ3n) is 4.55. The van der Waals surface area contributed by atoms with Crippen LogP contribution in [0.2, 0.25) is 5.02 Å². The molecule has 7 heteroatoms. The van der Waals surface area contributed by atoms with Crippen LogP contribution in [0.1, 0.15) is 17.0 Å². The average molecular weight is 427 g/mol. The van der Waals surface area contributed by atoms with Gasteiger partial charge in [-0.2, -0.15) is 13.2 Å². The molecule has 150 valence electrons. The highest BCUT2D eigenvalue weighted by Gasteiger charge is 2.30. The van der Waals surface area contributed by atoms with E-state index in [0.29, 0.717) is 21.5 Å². The van der Waals surface area contributed by atoms with Crippen molar-refractivity contribution in [3.05, 3.63) is 105 Å². The van der Waals surface area contributed by atoms with Crippen LogP contribution in [0.3, 0.4) is 0 Å². The van der Waals surface area contributed by atoms with Crippen molar-refractivity contribution in [2.24, 2.45) is 0 Å². The molecule has 0 saturated heterocycles. The molecule has 0 aliphatic carbocycles. The first-order valence-corrected chi connectivity index (χ1v) is 9.34. The van der Waals surface area contributed by atoms with E-state index in [-0.39, 0.29) is 11.5 Å². The predicted octanol–water partition coefficient (Wildman–Crippen LogP) is 6.23. The number of aromatic nitrogens is 2. The molecule has 0 atom stereocenters. The summed E-state index contributed by atoms with van der Waals surface area (Å²) in [5, 5.41) is 0.812. The van der Waals surface area contributed by atoms with E-state index in [1.807, 2.05) is 0 Å². The van der Waals surface area contributed by atoms with E-state index in [1.54, 1.807) is 60.7 Å². The third-order valence-corrected chi connectivity index (χ3v) is 4.89. The summed E-state index contributed by atoms with van der Waals surface area (Å²) in [6.07, 6.45) is -1.30. The minimum Gasteiger partial charge on any atom is -0.268 e. The summed E-state index contributed by atoms with van der Waals surface area (Å²) in [4.78, 5) is 17.7. The second-order valence-corrected chi connectivity index (χ2v) is 6.94. The van der Waals surface area contributed by atoms with Gasteiger partial charge < -0.3 is 0 Å². The average Bonchev–Trinajstić information content (AvgIpc) is 2.73. The number of nitrogens with zero attached hydrogens (tertiary/aromatic N) is 2. The van der Waals surface area contributed by atoms with Gasteiger partial charge >= 0.3 is 6.18 Å². The molecule has 0 fully saturated rings. The van der Waals surface area contributed by atoms with E-state index in [1.165, 1.54) is 16.7 Å². The maximum absolute atomic E-state index is 13.2. The Kier molecular flexibility index (Phi) is 5.18. The summed E-state index contributed by atoms with van der Waals surface area (Å²) in [5.74, 6) is 0.193. The Morgan fingerprint density at radius 3 is 2.40 bits per heavy atom. The lowest BCUT2D eigenvalue weighted by Crippen LogP contribution is -2.22. The lowest BCUT2D eigenvalue weighted by Gasteiger charge is -2.14. The molecule has 4 rings (SSSR count). The number of benzene rings is 3. The highest BCUT2D eigenvalue weighted by atomic mass is 35.5. The lowest BCUT2D eigenvalue weighted by atomic mass is 10.1. The normalized spacial score (nSPS) is 12.0. The lowest BCUT2D eigenvalue weighted by molar-refractivity contribution is -0.137. The van der Waals surface area contributed by atoms with Crippen molar-refractivity contribution in [2.45, 2.75) is 6.18 Å². The first-order chi connectivity index (χ1) is 14.3. The van der Waals surface area contributed by atoms with Crippen LogP contribution in [0.4, 0.5) is 13.2 Å². The van der Waals surface area contributed by atoms with E-state index in [2.05, 4.69) is 4.98 Å². The maximum Gasteiger partial charge on any atom is 0.416 e. The summed E-state index contributed by atoms with van der Waals surface area (Å²) in [6, 6.07) is 18.4. The molecule has 0 unspecified atom stereocenters. The van der Waals surface area contributed by atoms with E-state index < -0.39 is 17.3 Å². The number of hydrogen-bond acceptors (Lipinski definition) is 2. The first kappa shape index (κ1) is 19.9. The van der Waals surface area contributed by atoms with Gasteiger partial charge in [-0.05, 0) is 54.1 Å². The van der Waals surface area contributed by atoms with Crippen LogP contribution in [0, 0.1) is 0 Å². The SMILES string of the molecule is O=c1c2ccccc2nc(/C=C/c2ccccc2Cl)n1-c1cccc(C(F)(F)F)c1. The zero-order valence-electron chi connectivity index (χ0n) is 15.4. The Labute approximate surface area is 174 Å². The van der Waals surface area contributed by atoms with Gasteiger partial charge in [0.25, 0.3) is 5.56 Å². The van der Waals surface area contributed by atoms with Crippen molar-refractivity contribution in [3.63, 3.8) is 0 Å². The van der Waals surface area contributed by atoms with Crippen LogP contribution < -0.4 is 5.56 Å². The molecule has 1 heterocycles. The fourth-order valence-electron chi connectivity index (χ4n) is 3.11. The minimum atomic E-state index is -4.53. The molecule has 3 aromatic carbocycles. The van der Waals surface area contributed by atoms with Gasteiger partial charge in [0.1, 0.15) is 5.82 Å². The van der Waals surface area contributed by atoms with Gasteiger partial charge in [-0.25, -0.2) is 4.98 Å². The molecule has 0 aliphatic rings. The summed E-state index contributed by atoms with van der Waals surface area (Å²) in [7, 11) is 0. The van der Waals surface area contributed by atoms with Gasteiger partial charge in [-0.15, -0.1) is 0 Å². The second kappa shape index (κ2) is 7.80. The van der Waals surface area contributed by atoms with Crippen molar-refractivity contribution < 1.29 is 13.2 Å². The van der Waals surface area contributed by atoms with Crippen LogP contribution in [-0.2, 0) is 6.18 Å². The fourth-order valence-corrected chi connectivity index (χ4v) is 3.31. The van der Waals surface area contributed by atoms with E-state index in [9.17, 15) is 18.0 Å². The quantitative estimate of drug-likeness (QED) is 0.389. The Bertz CT molecular complexity index is 1330. The number of rotatable bonds is 3. The number of fused-ring (bicyclic) bond motifs is 1. The predicted molar refractivity (Wildman–Crippen MR) is 113 cm³/mol. The third kappa shape index (κ3) is 3.86. The molecule has 0 spiro atoms. The van der Waals surface area contributed by atoms with Crippen molar-refractivity contribution in [1.82, 2.24) is 9.55 Å². The Hall–Kier alpha value is -3.38. The van der Waals surface area contributed by atoms with Gasteiger partial charge in [0.15, 0.2) is 0 Å². The standard InChI is InChI=1S/C23H14ClF3N2O/c24-19-10-3-1-6-15(19)12-13-21-28-20-11-4-2-9-18(20)22(30)29(21)17-8-5-7-16(14-17)23(25,26)27/h1-14H/b13-12+. The molecule has 0 amide bonds. The number of halogens is 4. The van der Waals surface area contributed by atoms with Crippen molar-refractivity contribution in [3.8, 4) is 5.69 Å². The van der Waals surface area contributed by atoms with Crippen molar-refractivity contribution >= 4 is 34.7 Å². The highest BCUT2D eigenvalue weighted by Crippen LogP contribution is 2.30. The topological polar surface area (TPSA) is 34.9 Å². The smallest absolute Gasteiger partial charge is 0.268 e. The molecule has 30 heavy (non-hydrogen) atoms. The number of hydrogen-bond donors (Lipinski definition) is 0. The molecular weight excluding hydrogens is 413 g/mol. The first-order valence-electron chi connectivity index (χ1n) is 8.96. The van der Waals surface area contributed by atoms with Crippen LogP contribution >= 0.6 is 11.6 Å². The van der Waals surface area contributed by atoms with Crippen molar-refractivity contribution in [2.75, 3.05) is 0 Å². The minimum absolute atomic E-state index is 0.0758. The molecule has 0 N–H and O–H groups in total. The van der Waals surface area contributed by atoms with Gasteiger partial charge in [-0.1, -0.05) is 48.0 Å². The van der Waals surface area contributed by atoms with E-state index in [0.717, 1.165) is 12.1 Å². The molecule has 4 aromatic rings. The molecule has 0 bridgehead atoms.